The highest BCUT2D eigenvalue weighted by Gasteiger charge is 2.25. The number of aromatic nitrogens is 3. The first-order valence-electron chi connectivity index (χ1n) is 7.16. The Hall–Kier alpha value is -2.67. The molecule has 0 spiro atoms. The van der Waals surface area contributed by atoms with Crippen molar-refractivity contribution in [2.24, 2.45) is 0 Å². The number of hydrogen-bond acceptors (Lipinski definition) is 5. The lowest BCUT2D eigenvalue weighted by Crippen LogP contribution is -2.11. The van der Waals surface area contributed by atoms with E-state index >= 15 is 0 Å². The van der Waals surface area contributed by atoms with Gasteiger partial charge in [-0.3, -0.25) is 9.89 Å². The van der Waals surface area contributed by atoms with Crippen LogP contribution in [0.4, 0.5) is 4.39 Å². The van der Waals surface area contributed by atoms with Gasteiger partial charge in [0.25, 0.3) is 0 Å². The van der Waals surface area contributed by atoms with Gasteiger partial charge in [0.15, 0.2) is 5.82 Å². The van der Waals surface area contributed by atoms with Crippen molar-refractivity contribution in [1.82, 2.24) is 15.2 Å². The van der Waals surface area contributed by atoms with Crippen molar-refractivity contribution in [3.05, 3.63) is 66.0 Å². The third-order valence-corrected chi connectivity index (χ3v) is 4.43. The summed E-state index contributed by atoms with van der Waals surface area (Å²) in [6, 6.07) is 15.5. The molecule has 24 heavy (non-hydrogen) atoms. The Balaban J connectivity index is 1.86. The van der Waals surface area contributed by atoms with E-state index in [1.54, 1.807) is 18.2 Å². The quantitative estimate of drug-likeness (QED) is 0.566. The summed E-state index contributed by atoms with van der Waals surface area (Å²) in [6.45, 7) is 0. The van der Waals surface area contributed by atoms with E-state index in [9.17, 15) is 9.18 Å². The monoisotopic (exact) mass is 343 g/mol. The number of nitrogens with zero attached hydrogens (tertiary/aromatic N) is 2. The second-order valence-electron chi connectivity index (χ2n) is 4.88. The summed E-state index contributed by atoms with van der Waals surface area (Å²) >= 11 is 1.15. The van der Waals surface area contributed by atoms with Crippen molar-refractivity contribution in [3.8, 4) is 11.4 Å². The first-order chi connectivity index (χ1) is 11.7. The van der Waals surface area contributed by atoms with Crippen molar-refractivity contribution in [2.75, 3.05) is 7.11 Å². The SMILES string of the molecule is COC(=O)C(Sc1n[nH]c(-c2ccccc2F)n1)c1ccccc1. The predicted molar refractivity (Wildman–Crippen MR) is 88.8 cm³/mol. The van der Waals surface area contributed by atoms with E-state index in [0.717, 1.165) is 17.3 Å². The van der Waals surface area contributed by atoms with Gasteiger partial charge in [-0.05, 0) is 17.7 Å². The van der Waals surface area contributed by atoms with Crippen LogP contribution in [0.1, 0.15) is 10.8 Å². The standard InChI is InChI=1S/C17H14FN3O2S/c1-23-16(22)14(11-7-3-2-4-8-11)24-17-19-15(20-21-17)12-9-5-6-10-13(12)18/h2-10,14H,1H3,(H,19,20,21). The molecule has 1 atom stereocenters. The number of thioether (sulfide) groups is 1. The van der Waals surface area contributed by atoms with Crippen LogP contribution in [0.15, 0.2) is 59.8 Å². The summed E-state index contributed by atoms with van der Waals surface area (Å²) in [5.74, 6) is -0.478. The van der Waals surface area contributed by atoms with Crippen LogP contribution in [0.2, 0.25) is 0 Å². The average Bonchev–Trinajstić information content (AvgIpc) is 3.08. The molecule has 2 aromatic carbocycles. The summed E-state index contributed by atoms with van der Waals surface area (Å²) in [4.78, 5) is 16.4. The van der Waals surface area contributed by atoms with E-state index in [-0.39, 0.29) is 0 Å². The van der Waals surface area contributed by atoms with Crippen molar-refractivity contribution in [3.63, 3.8) is 0 Å². The van der Waals surface area contributed by atoms with Crippen LogP contribution in [0.25, 0.3) is 11.4 Å². The number of nitrogens with one attached hydrogen (secondary N) is 1. The van der Waals surface area contributed by atoms with Gasteiger partial charge >= 0.3 is 5.97 Å². The third kappa shape index (κ3) is 3.46. The number of hydrogen-bond donors (Lipinski definition) is 1. The van der Waals surface area contributed by atoms with E-state index in [1.165, 1.54) is 13.2 Å². The lowest BCUT2D eigenvalue weighted by molar-refractivity contribution is -0.140. The van der Waals surface area contributed by atoms with Crippen LogP contribution in [-0.4, -0.2) is 28.3 Å². The molecule has 1 unspecified atom stereocenters. The Morgan fingerprint density at radius 3 is 2.58 bits per heavy atom. The highest BCUT2D eigenvalue weighted by Crippen LogP contribution is 2.35. The molecule has 3 aromatic rings. The second kappa shape index (κ2) is 7.27. The summed E-state index contributed by atoms with van der Waals surface area (Å²) < 4.78 is 18.7. The van der Waals surface area contributed by atoms with Crippen LogP contribution < -0.4 is 0 Å². The van der Waals surface area contributed by atoms with Crippen molar-refractivity contribution in [2.45, 2.75) is 10.4 Å². The van der Waals surface area contributed by atoms with Gasteiger partial charge in [-0.1, -0.05) is 54.2 Å². The predicted octanol–water partition coefficient (Wildman–Crippen LogP) is 3.62. The Kier molecular flexibility index (Phi) is 4.90. The molecule has 0 saturated heterocycles. The molecular weight excluding hydrogens is 329 g/mol. The molecule has 5 nitrogen and oxygen atoms in total. The third-order valence-electron chi connectivity index (χ3n) is 3.33. The lowest BCUT2D eigenvalue weighted by Gasteiger charge is -2.12. The largest absolute Gasteiger partial charge is 0.468 e. The molecule has 0 radical (unpaired) electrons. The van der Waals surface area contributed by atoms with Gasteiger partial charge in [0.2, 0.25) is 5.16 Å². The van der Waals surface area contributed by atoms with Gasteiger partial charge in [-0.15, -0.1) is 5.10 Å². The minimum atomic E-state index is -0.597. The molecule has 3 rings (SSSR count). The highest BCUT2D eigenvalue weighted by atomic mass is 32.2. The minimum Gasteiger partial charge on any atom is -0.468 e. The smallest absolute Gasteiger partial charge is 0.323 e. The van der Waals surface area contributed by atoms with Crippen LogP contribution in [-0.2, 0) is 9.53 Å². The van der Waals surface area contributed by atoms with Gasteiger partial charge in [-0.25, -0.2) is 9.37 Å². The zero-order valence-corrected chi connectivity index (χ0v) is 13.6. The molecular formula is C17H14FN3O2S. The number of esters is 1. The zero-order valence-electron chi connectivity index (χ0n) is 12.8. The second-order valence-corrected chi connectivity index (χ2v) is 5.95. The molecule has 0 aliphatic rings. The molecule has 122 valence electrons. The number of H-pyrrole nitrogens is 1. The van der Waals surface area contributed by atoms with Gasteiger partial charge in [-0.2, -0.15) is 0 Å². The van der Waals surface area contributed by atoms with Crippen molar-refractivity contribution < 1.29 is 13.9 Å². The van der Waals surface area contributed by atoms with E-state index in [1.807, 2.05) is 30.3 Å². The van der Waals surface area contributed by atoms with Crippen LogP contribution >= 0.6 is 11.8 Å². The molecule has 0 amide bonds. The number of ether oxygens (including phenoxy) is 1. The number of carbonyl (C=O) groups is 1. The van der Waals surface area contributed by atoms with Crippen LogP contribution in [0, 0.1) is 5.82 Å². The van der Waals surface area contributed by atoms with E-state index in [4.69, 9.17) is 4.74 Å². The maximum atomic E-state index is 13.8. The molecule has 0 bridgehead atoms. The molecule has 0 fully saturated rings. The fourth-order valence-electron chi connectivity index (χ4n) is 2.17. The Bertz CT molecular complexity index is 839. The zero-order chi connectivity index (χ0) is 16.9. The Morgan fingerprint density at radius 2 is 1.88 bits per heavy atom. The summed E-state index contributed by atoms with van der Waals surface area (Å²) in [6.07, 6.45) is 0. The maximum absolute atomic E-state index is 13.8. The molecule has 0 aliphatic carbocycles. The number of aromatic amines is 1. The lowest BCUT2D eigenvalue weighted by atomic mass is 10.1. The van der Waals surface area contributed by atoms with Crippen molar-refractivity contribution >= 4 is 17.7 Å². The van der Waals surface area contributed by atoms with E-state index < -0.39 is 17.0 Å². The summed E-state index contributed by atoms with van der Waals surface area (Å²) in [5.41, 5.74) is 1.11. The first-order valence-corrected chi connectivity index (χ1v) is 8.03. The van der Waals surface area contributed by atoms with Crippen molar-refractivity contribution in [1.29, 1.82) is 0 Å². The number of halogens is 1. The fraction of sp³-hybridized carbons (Fsp3) is 0.118. The summed E-state index contributed by atoms with van der Waals surface area (Å²) in [5, 5.41) is 6.51. The Morgan fingerprint density at radius 1 is 1.17 bits per heavy atom. The molecule has 1 heterocycles. The average molecular weight is 343 g/mol. The summed E-state index contributed by atoms with van der Waals surface area (Å²) in [7, 11) is 1.33. The molecule has 1 aromatic heterocycles. The van der Waals surface area contributed by atoms with Gasteiger partial charge < -0.3 is 4.74 Å². The number of carbonyl (C=O) groups excluding carboxylic acids is 1. The maximum Gasteiger partial charge on any atom is 0.323 e. The molecule has 7 heteroatoms. The van der Waals surface area contributed by atoms with Crippen LogP contribution in [0.3, 0.4) is 0 Å². The molecule has 1 N–H and O–H groups in total. The topological polar surface area (TPSA) is 67.9 Å². The number of methoxy groups -OCH3 is 1. The van der Waals surface area contributed by atoms with Gasteiger partial charge in [0.05, 0.1) is 12.7 Å². The van der Waals surface area contributed by atoms with E-state index in [0.29, 0.717) is 16.5 Å². The normalized spacial score (nSPS) is 11.9. The highest BCUT2D eigenvalue weighted by molar-refractivity contribution is 8.00. The Labute approximate surface area is 142 Å². The molecule has 0 aliphatic heterocycles. The number of rotatable bonds is 5. The molecule has 0 saturated carbocycles. The van der Waals surface area contributed by atoms with Crippen LogP contribution in [0.5, 0.6) is 0 Å². The first kappa shape index (κ1) is 16.2. The number of benzene rings is 2. The van der Waals surface area contributed by atoms with Gasteiger partial charge in [0.1, 0.15) is 11.1 Å². The van der Waals surface area contributed by atoms with E-state index in [2.05, 4.69) is 15.2 Å². The minimum absolute atomic E-state index is 0.312. The van der Waals surface area contributed by atoms with Gasteiger partial charge in [0, 0.05) is 0 Å². The fourth-order valence-corrected chi connectivity index (χ4v) is 3.10.